The Morgan fingerprint density at radius 3 is 2.42 bits per heavy atom. The Bertz CT molecular complexity index is 617. The molecule has 0 fully saturated rings. The minimum absolute atomic E-state index is 0.250. The van der Waals surface area contributed by atoms with Crippen LogP contribution in [0.1, 0.15) is 26.5 Å². The van der Waals surface area contributed by atoms with Gasteiger partial charge in [-0.15, -0.1) is 0 Å². The molecule has 5 nitrogen and oxygen atoms in total. The number of carbonyl (C=O) groups is 2. The molecule has 0 radical (unpaired) electrons. The lowest BCUT2D eigenvalue weighted by molar-refractivity contribution is 0.0964. The molecular weight excluding hydrogens is 244 g/mol. The van der Waals surface area contributed by atoms with E-state index < -0.39 is 0 Å². The van der Waals surface area contributed by atoms with Crippen LogP contribution < -0.4 is 10.6 Å². The lowest BCUT2D eigenvalue weighted by Crippen LogP contribution is -2.21. The number of rotatable bonds is 3. The second-order valence-corrected chi connectivity index (χ2v) is 3.97. The lowest BCUT2D eigenvalue weighted by atomic mass is 10.1. The third-order valence-electron chi connectivity index (χ3n) is 2.75. The van der Waals surface area contributed by atoms with Crippen LogP contribution in [-0.4, -0.2) is 18.9 Å². The topological polar surface area (TPSA) is 71.3 Å². The average Bonchev–Trinajstić information content (AvgIpc) is 2.85. The Kier molecular flexibility index (Phi) is 3.66. The number of para-hydroxylation sites is 1. The van der Waals surface area contributed by atoms with Gasteiger partial charge in [0, 0.05) is 7.05 Å². The van der Waals surface area contributed by atoms with Crippen molar-refractivity contribution in [3.05, 3.63) is 53.5 Å². The number of aryl methyl sites for hydroxylation is 1. The molecule has 2 amide bonds. The number of benzene rings is 1. The van der Waals surface area contributed by atoms with Crippen LogP contribution in [0.2, 0.25) is 0 Å². The molecule has 2 rings (SSSR count). The Labute approximate surface area is 110 Å². The first-order valence-electron chi connectivity index (χ1n) is 5.80. The summed E-state index contributed by atoms with van der Waals surface area (Å²) in [6.45, 7) is 1.71. The summed E-state index contributed by atoms with van der Waals surface area (Å²) in [6.07, 6.45) is 1.45. The third kappa shape index (κ3) is 2.65. The van der Waals surface area contributed by atoms with Gasteiger partial charge in [0.1, 0.15) is 5.76 Å². The van der Waals surface area contributed by atoms with Crippen LogP contribution in [0, 0.1) is 6.92 Å². The van der Waals surface area contributed by atoms with E-state index in [4.69, 9.17) is 4.42 Å². The molecule has 0 aliphatic carbocycles. The van der Waals surface area contributed by atoms with Gasteiger partial charge in [-0.1, -0.05) is 12.1 Å². The van der Waals surface area contributed by atoms with Crippen LogP contribution in [-0.2, 0) is 0 Å². The van der Waals surface area contributed by atoms with Gasteiger partial charge < -0.3 is 15.1 Å². The number of furan rings is 1. The van der Waals surface area contributed by atoms with Gasteiger partial charge in [0.2, 0.25) is 0 Å². The zero-order chi connectivity index (χ0) is 13.8. The summed E-state index contributed by atoms with van der Waals surface area (Å²) in [4.78, 5) is 23.7. The van der Waals surface area contributed by atoms with Crippen molar-refractivity contribution >= 4 is 17.5 Å². The lowest BCUT2D eigenvalue weighted by Gasteiger charge is -2.09. The van der Waals surface area contributed by atoms with E-state index in [-0.39, 0.29) is 11.8 Å². The van der Waals surface area contributed by atoms with E-state index in [0.717, 1.165) is 0 Å². The summed E-state index contributed by atoms with van der Waals surface area (Å²) in [5, 5.41) is 5.24. The van der Waals surface area contributed by atoms with E-state index in [1.807, 2.05) is 0 Å². The number of carbonyl (C=O) groups excluding carboxylic acids is 2. The van der Waals surface area contributed by atoms with Crippen molar-refractivity contribution in [3.8, 4) is 0 Å². The number of nitrogens with one attached hydrogen (secondary N) is 2. The maximum atomic E-state index is 12.1. The maximum Gasteiger partial charge on any atom is 0.259 e. The highest BCUT2D eigenvalue weighted by molar-refractivity contribution is 6.09. The van der Waals surface area contributed by atoms with Crippen molar-refractivity contribution in [2.75, 3.05) is 12.4 Å². The second-order valence-electron chi connectivity index (χ2n) is 3.97. The zero-order valence-corrected chi connectivity index (χ0v) is 10.7. The highest BCUT2D eigenvalue weighted by Gasteiger charge is 2.15. The van der Waals surface area contributed by atoms with Gasteiger partial charge in [-0.3, -0.25) is 9.59 Å². The number of anilines is 1. The van der Waals surface area contributed by atoms with E-state index in [2.05, 4.69) is 10.6 Å². The summed E-state index contributed by atoms with van der Waals surface area (Å²) in [6, 6.07) is 8.41. The minimum atomic E-state index is -0.303. The van der Waals surface area contributed by atoms with Crippen LogP contribution in [0.4, 0.5) is 5.69 Å². The molecule has 0 saturated carbocycles. The molecule has 0 bridgehead atoms. The molecule has 2 aromatic rings. The molecule has 5 heteroatoms. The number of hydrogen-bond donors (Lipinski definition) is 2. The molecule has 0 unspecified atom stereocenters. The molecule has 19 heavy (non-hydrogen) atoms. The maximum absolute atomic E-state index is 12.1. The van der Waals surface area contributed by atoms with Gasteiger partial charge in [-0.25, -0.2) is 0 Å². The first kappa shape index (κ1) is 12.9. The molecular formula is C14H14N2O3. The fraction of sp³-hybridized carbons (Fsp3) is 0.143. The van der Waals surface area contributed by atoms with Crippen molar-refractivity contribution in [2.45, 2.75) is 6.92 Å². The van der Waals surface area contributed by atoms with Crippen LogP contribution >= 0.6 is 0 Å². The zero-order valence-electron chi connectivity index (χ0n) is 10.7. The van der Waals surface area contributed by atoms with E-state index in [0.29, 0.717) is 22.6 Å². The molecule has 0 saturated heterocycles. The molecule has 0 aliphatic rings. The molecule has 1 heterocycles. The van der Waals surface area contributed by atoms with Crippen molar-refractivity contribution < 1.29 is 14.0 Å². The SMILES string of the molecule is CNC(=O)c1ccccc1NC(=O)c1ccoc1C. The van der Waals surface area contributed by atoms with Crippen LogP contribution in [0.3, 0.4) is 0 Å². The second kappa shape index (κ2) is 5.39. The molecule has 1 aromatic carbocycles. The Hall–Kier alpha value is -2.56. The molecule has 0 aliphatic heterocycles. The molecule has 2 N–H and O–H groups in total. The summed E-state index contributed by atoms with van der Waals surface area (Å²) in [5.41, 5.74) is 1.33. The van der Waals surface area contributed by atoms with Crippen molar-refractivity contribution in [1.82, 2.24) is 5.32 Å². The van der Waals surface area contributed by atoms with Crippen molar-refractivity contribution in [1.29, 1.82) is 0 Å². The van der Waals surface area contributed by atoms with Crippen molar-refractivity contribution in [2.24, 2.45) is 0 Å². The van der Waals surface area contributed by atoms with Gasteiger partial charge in [0.15, 0.2) is 0 Å². The predicted molar refractivity (Wildman–Crippen MR) is 71.2 cm³/mol. The summed E-state index contributed by atoms with van der Waals surface area (Å²) in [5.74, 6) is -0.0163. The predicted octanol–water partition coefficient (Wildman–Crippen LogP) is 2.20. The van der Waals surface area contributed by atoms with E-state index in [1.165, 1.54) is 6.26 Å². The fourth-order valence-corrected chi connectivity index (χ4v) is 1.73. The van der Waals surface area contributed by atoms with Gasteiger partial charge >= 0.3 is 0 Å². The summed E-state index contributed by atoms with van der Waals surface area (Å²) >= 11 is 0. The van der Waals surface area contributed by atoms with Gasteiger partial charge in [0.05, 0.1) is 23.1 Å². The van der Waals surface area contributed by atoms with E-state index in [1.54, 1.807) is 44.3 Å². The van der Waals surface area contributed by atoms with E-state index >= 15 is 0 Å². The average molecular weight is 258 g/mol. The highest BCUT2D eigenvalue weighted by atomic mass is 16.3. The van der Waals surface area contributed by atoms with Crippen LogP contribution in [0.25, 0.3) is 0 Å². The van der Waals surface area contributed by atoms with Crippen LogP contribution in [0.15, 0.2) is 41.0 Å². The molecule has 0 spiro atoms. The summed E-state index contributed by atoms with van der Waals surface area (Å²) < 4.78 is 5.08. The number of amides is 2. The molecule has 98 valence electrons. The molecule has 1 aromatic heterocycles. The minimum Gasteiger partial charge on any atom is -0.469 e. The monoisotopic (exact) mass is 258 g/mol. The third-order valence-corrected chi connectivity index (χ3v) is 2.75. The first-order valence-corrected chi connectivity index (χ1v) is 5.80. The quantitative estimate of drug-likeness (QED) is 0.886. The molecule has 0 atom stereocenters. The van der Waals surface area contributed by atoms with E-state index in [9.17, 15) is 9.59 Å². The standard InChI is InChI=1S/C14H14N2O3/c1-9-10(7-8-19-9)14(18)16-12-6-4-3-5-11(12)13(17)15-2/h3-8H,1-2H3,(H,15,17)(H,16,18). The van der Waals surface area contributed by atoms with Gasteiger partial charge in [-0.05, 0) is 25.1 Å². The Morgan fingerprint density at radius 1 is 1.05 bits per heavy atom. The fourth-order valence-electron chi connectivity index (χ4n) is 1.73. The van der Waals surface area contributed by atoms with Gasteiger partial charge in [0.25, 0.3) is 11.8 Å². The Morgan fingerprint density at radius 2 is 1.79 bits per heavy atom. The highest BCUT2D eigenvalue weighted by Crippen LogP contribution is 2.17. The van der Waals surface area contributed by atoms with Crippen LogP contribution in [0.5, 0.6) is 0 Å². The number of hydrogen-bond acceptors (Lipinski definition) is 3. The van der Waals surface area contributed by atoms with Gasteiger partial charge in [-0.2, -0.15) is 0 Å². The largest absolute Gasteiger partial charge is 0.469 e. The summed E-state index contributed by atoms with van der Waals surface area (Å²) in [7, 11) is 1.54. The van der Waals surface area contributed by atoms with Crippen molar-refractivity contribution in [3.63, 3.8) is 0 Å². The first-order chi connectivity index (χ1) is 9.13. The Balaban J connectivity index is 2.27. The normalized spacial score (nSPS) is 10.0. The smallest absolute Gasteiger partial charge is 0.259 e.